The molecule has 0 aromatic heterocycles. The van der Waals surface area contributed by atoms with Crippen molar-refractivity contribution < 1.29 is 5.11 Å². The summed E-state index contributed by atoms with van der Waals surface area (Å²) in [5.74, 6) is 1.76. The molecule has 3 atom stereocenters. The summed E-state index contributed by atoms with van der Waals surface area (Å²) in [6.07, 6.45) is 9.77. The molecule has 1 heteroatoms. The van der Waals surface area contributed by atoms with E-state index in [2.05, 4.69) is 26.0 Å². The van der Waals surface area contributed by atoms with Gasteiger partial charge in [-0.05, 0) is 56.8 Å². The van der Waals surface area contributed by atoms with Gasteiger partial charge in [-0.2, -0.15) is 0 Å². The summed E-state index contributed by atoms with van der Waals surface area (Å²) < 4.78 is 0. The van der Waals surface area contributed by atoms with Crippen LogP contribution in [0.5, 0.6) is 0 Å². The van der Waals surface area contributed by atoms with E-state index in [1.807, 2.05) is 6.92 Å². The predicted molar refractivity (Wildman–Crippen MR) is 68.2 cm³/mol. The first-order valence-electron chi connectivity index (χ1n) is 6.51. The smallest absolute Gasteiger partial charge is 0.0639 e. The van der Waals surface area contributed by atoms with Gasteiger partial charge in [0.25, 0.3) is 0 Å². The number of rotatable bonds is 4. The minimum absolute atomic E-state index is 0.211. The van der Waals surface area contributed by atoms with Gasteiger partial charge in [0, 0.05) is 0 Å². The molecule has 0 aromatic carbocycles. The van der Waals surface area contributed by atoms with Crippen LogP contribution < -0.4 is 0 Å². The van der Waals surface area contributed by atoms with Gasteiger partial charge in [0.1, 0.15) is 0 Å². The molecule has 1 saturated carbocycles. The Balaban J connectivity index is 1.94. The van der Waals surface area contributed by atoms with Crippen LogP contribution >= 0.6 is 0 Å². The van der Waals surface area contributed by atoms with Crippen molar-refractivity contribution in [1.29, 1.82) is 0 Å². The number of fused-ring (bicyclic) bond motifs is 1. The van der Waals surface area contributed by atoms with E-state index in [0.717, 1.165) is 23.8 Å². The van der Waals surface area contributed by atoms with E-state index in [4.69, 9.17) is 5.11 Å². The van der Waals surface area contributed by atoms with Gasteiger partial charge < -0.3 is 5.11 Å². The minimum atomic E-state index is 0.211. The maximum Gasteiger partial charge on any atom is 0.0639 e. The Kier molecular flexibility index (Phi) is 3.25. The third kappa shape index (κ3) is 1.86. The summed E-state index contributed by atoms with van der Waals surface area (Å²) in [7, 11) is 0. The number of aliphatic hydroxyl groups is 1. The first kappa shape index (κ1) is 11.9. The summed E-state index contributed by atoms with van der Waals surface area (Å²) in [5.41, 5.74) is 3.28. The Morgan fingerprint density at radius 1 is 1.62 bits per heavy atom. The first-order chi connectivity index (χ1) is 7.58. The van der Waals surface area contributed by atoms with Crippen molar-refractivity contribution in [2.45, 2.75) is 46.5 Å². The van der Waals surface area contributed by atoms with Crippen molar-refractivity contribution in [2.75, 3.05) is 6.61 Å². The van der Waals surface area contributed by atoms with Crippen molar-refractivity contribution in [1.82, 2.24) is 0 Å². The Morgan fingerprint density at radius 3 is 2.94 bits per heavy atom. The molecule has 0 radical (unpaired) electrons. The Labute approximate surface area is 99.3 Å². The summed E-state index contributed by atoms with van der Waals surface area (Å²) in [5, 5.41) is 8.96. The number of aliphatic hydroxyl groups excluding tert-OH is 1. The molecule has 3 rings (SSSR count). The second-order valence-corrected chi connectivity index (χ2v) is 5.92. The van der Waals surface area contributed by atoms with Crippen LogP contribution in [0, 0.1) is 17.3 Å². The number of allylic oxidation sites excluding steroid dienone is 3. The Bertz CT molecular complexity index is 326. The summed E-state index contributed by atoms with van der Waals surface area (Å²) in [4.78, 5) is 0. The van der Waals surface area contributed by atoms with Gasteiger partial charge in [0.15, 0.2) is 0 Å². The topological polar surface area (TPSA) is 20.2 Å². The molecule has 0 spiro atoms. The van der Waals surface area contributed by atoms with Gasteiger partial charge in [0.05, 0.1) is 6.61 Å². The molecule has 3 aliphatic carbocycles. The Morgan fingerprint density at radius 2 is 2.38 bits per heavy atom. The van der Waals surface area contributed by atoms with E-state index in [1.165, 1.54) is 19.3 Å². The third-order valence-corrected chi connectivity index (χ3v) is 4.95. The van der Waals surface area contributed by atoms with E-state index in [1.54, 1.807) is 5.57 Å². The standard InChI is InChI=1S/C15H24O/c1-11(10-16)5-4-8-15(3)13-7-6-12(2)14(15)9-13/h5-6,13-14,16H,4,7-10H2,1-3H3/b11-5+/t13-,14-,15?/m0/s1. The van der Waals surface area contributed by atoms with E-state index >= 15 is 0 Å². The van der Waals surface area contributed by atoms with Gasteiger partial charge >= 0.3 is 0 Å². The minimum Gasteiger partial charge on any atom is -0.392 e. The lowest BCUT2D eigenvalue weighted by Gasteiger charge is -2.58. The summed E-state index contributed by atoms with van der Waals surface area (Å²) >= 11 is 0. The van der Waals surface area contributed by atoms with Crippen LogP contribution in [0.4, 0.5) is 0 Å². The molecule has 1 nitrogen and oxygen atoms in total. The average molecular weight is 220 g/mol. The summed E-state index contributed by atoms with van der Waals surface area (Å²) in [6.45, 7) is 6.98. The fourth-order valence-corrected chi connectivity index (χ4v) is 3.56. The van der Waals surface area contributed by atoms with Gasteiger partial charge in [-0.25, -0.2) is 0 Å². The second kappa shape index (κ2) is 4.37. The molecule has 0 saturated heterocycles. The largest absolute Gasteiger partial charge is 0.392 e. The molecule has 0 amide bonds. The van der Waals surface area contributed by atoms with Crippen LogP contribution in [0.3, 0.4) is 0 Å². The molecular weight excluding hydrogens is 196 g/mol. The zero-order valence-corrected chi connectivity index (χ0v) is 10.8. The van der Waals surface area contributed by atoms with Crippen molar-refractivity contribution in [3.8, 4) is 0 Å². The van der Waals surface area contributed by atoms with Crippen LogP contribution in [0.1, 0.15) is 46.5 Å². The van der Waals surface area contributed by atoms with Crippen LogP contribution in [0.2, 0.25) is 0 Å². The highest BCUT2D eigenvalue weighted by Crippen LogP contribution is 2.61. The number of hydrogen-bond donors (Lipinski definition) is 1. The molecule has 1 unspecified atom stereocenters. The lowest BCUT2D eigenvalue weighted by molar-refractivity contribution is -0.0312. The van der Waals surface area contributed by atoms with Crippen molar-refractivity contribution in [3.05, 3.63) is 23.3 Å². The van der Waals surface area contributed by atoms with Crippen molar-refractivity contribution in [2.24, 2.45) is 17.3 Å². The van der Waals surface area contributed by atoms with Crippen LogP contribution in [-0.2, 0) is 0 Å². The van der Waals surface area contributed by atoms with Crippen LogP contribution in [0.15, 0.2) is 23.3 Å². The first-order valence-corrected chi connectivity index (χ1v) is 6.51. The molecule has 0 aliphatic heterocycles. The maximum absolute atomic E-state index is 8.96. The molecule has 16 heavy (non-hydrogen) atoms. The van der Waals surface area contributed by atoms with Gasteiger partial charge in [0.2, 0.25) is 0 Å². The fraction of sp³-hybridized carbons (Fsp3) is 0.733. The van der Waals surface area contributed by atoms with Crippen molar-refractivity contribution in [3.63, 3.8) is 0 Å². The second-order valence-electron chi connectivity index (χ2n) is 5.92. The lowest BCUT2D eigenvalue weighted by atomic mass is 9.47. The monoisotopic (exact) mass is 220 g/mol. The molecule has 0 heterocycles. The quantitative estimate of drug-likeness (QED) is 0.716. The zero-order valence-electron chi connectivity index (χ0n) is 10.8. The molecular formula is C15H24O. The molecule has 3 aliphatic rings. The Hall–Kier alpha value is -0.560. The van der Waals surface area contributed by atoms with E-state index < -0.39 is 0 Å². The highest BCUT2D eigenvalue weighted by atomic mass is 16.3. The number of hydrogen-bond acceptors (Lipinski definition) is 1. The lowest BCUT2D eigenvalue weighted by Crippen LogP contribution is -2.49. The molecule has 0 aromatic rings. The fourth-order valence-electron chi connectivity index (χ4n) is 3.56. The normalized spacial score (nSPS) is 38.0. The van der Waals surface area contributed by atoms with Crippen LogP contribution in [0.25, 0.3) is 0 Å². The summed E-state index contributed by atoms with van der Waals surface area (Å²) in [6, 6.07) is 0. The van der Waals surface area contributed by atoms with Crippen molar-refractivity contribution >= 4 is 0 Å². The molecule has 1 fully saturated rings. The van der Waals surface area contributed by atoms with E-state index in [-0.39, 0.29) is 6.61 Å². The van der Waals surface area contributed by atoms with E-state index in [9.17, 15) is 0 Å². The van der Waals surface area contributed by atoms with E-state index in [0.29, 0.717) is 5.41 Å². The maximum atomic E-state index is 8.96. The van der Waals surface area contributed by atoms with Gasteiger partial charge in [-0.15, -0.1) is 0 Å². The van der Waals surface area contributed by atoms with Gasteiger partial charge in [-0.1, -0.05) is 30.2 Å². The highest BCUT2D eigenvalue weighted by molar-refractivity contribution is 5.22. The molecule has 1 N–H and O–H groups in total. The molecule has 2 bridgehead atoms. The highest BCUT2D eigenvalue weighted by Gasteiger charge is 2.52. The third-order valence-electron chi connectivity index (χ3n) is 4.95. The van der Waals surface area contributed by atoms with Crippen LogP contribution in [-0.4, -0.2) is 11.7 Å². The average Bonchev–Trinajstić information content (AvgIpc) is 2.28. The molecule has 90 valence electrons. The SMILES string of the molecule is CC1=CC[C@H]2C[C@@H]1C2(C)CC/C=C(\C)CO. The zero-order chi connectivity index (χ0) is 11.8. The van der Waals surface area contributed by atoms with Gasteiger partial charge in [-0.3, -0.25) is 0 Å². The predicted octanol–water partition coefficient (Wildman–Crippen LogP) is 3.70.